The number of benzene rings is 1. The van der Waals surface area contributed by atoms with Gasteiger partial charge in [0.15, 0.2) is 0 Å². The minimum Gasteiger partial charge on any atom is -0.396 e. The smallest absolute Gasteiger partial charge is 0.201 e. The van der Waals surface area contributed by atoms with Crippen LogP contribution in [0.15, 0.2) is 65.2 Å². The second kappa shape index (κ2) is 9.85. The van der Waals surface area contributed by atoms with Crippen molar-refractivity contribution in [3.05, 3.63) is 65.3 Å². The Morgan fingerprint density at radius 2 is 1.88 bits per heavy atom. The number of nitrogens with one attached hydrogen (secondary N) is 3. The highest BCUT2D eigenvalue weighted by Crippen LogP contribution is 2.31. The van der Waals surface area contributed by atoms with E-state index in [1.165, 1.54) is 17.7 Å². The van der Waals surface area contributed by atoms with Gasteiger partial charge in [0.1, 0.15) is 23.3 Å². The lowest BCUT2D eigenvalue weighted by Gasteiger charge is -2.27. The summed E-state index contributed by atoms with van der Waals surface area (Å²) in [6, 6.07) is 9.50. The maximum atomic E-state index is 10.6. The highest BCUT2D eigenvalue weighted by molar-refractivity contribution is 7.11. The quantitative estimate of drug-likeness (QED) is 0.305. The van der Waals surface area contributed by atoms with E-state index >= 15 is 0 Å². The van der Waals surface area contributed by atoms with E-state index in [1.54, 1.807) is 12.4 Å². The predicted molar refractivity (Wildman–Crippen MR) is 130 cm³/mol. The van der Waals surface area contributed by atoms with Gasteiger partial charge >= 0.3 is 0 Å². The Balaban J connectivity index is 1.43. The number of hydrogen-bond donors (Lipinski definition) is 6. The van der Waals surface area contributed by atoms with Crippen LogP contribution in [0.5, 0.6) is 0 Å². The molecule has 1 aliphatic heterocycles. The monoisotopic (exact) mass is 479 g/mol. The van der Waals surface area contributed by atoms with Crippen molar-refractivity contribution in [3.63, 3.8) is 0 Å². The molecule has 11 heteroatoms. The third-order valence-corrected chi connectivity index (χ3v) is 6.86. The van der Waals surface area contributed by atoms with Crippen LogP contribution in [-0.4, -0.2) is 67.6 Å². The normalized spacial score (nSPS) is 24.5. The summed E-state index contributed by atoms with van der Waals surface area (Å²) in [4.78, 5) is 17.4. The molecular formula is C23H25N7O3S. The summed E-state index contributed by atoms with van der Waals surface area (Å²) in [5, 5.41) is 42.9. The number of aliphatic hydroxyl groups is 3. The molecule has 2 aliphatic rings. The lowest BCUT2D eigenvalue weighted by Crippen LogP contribution is -2.47. The number of nitrogens with zero attached hydrogens (tertiary/aromatic N) is 4. The Hall–Kier alpha value is -3.38. The SMILES string of the molecule is OC[C@H]1C[C@@H](NC2=C(c3nc(-c4ccccc4)cs3)CN=C(Nc3cncnc3)N2)[C@H](O)[C@@H]1O. The molecule has 0 unspecified atom stereocenters. The van der Waals surface area contributed by atoms with E-state index in [2.05, 4.69) is 30.9 Å². The summed E-state index contributed by atoms with van der Waals surface area (Å²) in [6.07, 6.45) is 3.15. The van der Waals surface area contributed by atoms with Crippen molar-refractivity contribution < 1.29 is 15.3 Å². The maximum absolute atomic E-state index is 10.6. The van der Waals surface area contributed by atoms with Gasteiger partial charge in [-0.3, -0.25) is 0 Å². The number of rotatable bonds is 6. The van der Waals surface area contributed by atoms with Crippen LogP contribution in [0.25, 0.3) is 16.8 Å². The predicted octanol–water partition coefficient (Wildman–Crippen LogP) is 1.03. The number of anilines is 1. The first kappa shape index (κ1) is 22.4. The van der Waals surface area contributed by atoms with Crippen LogP contribution in [0.2, 0.25) is 0 Å². The molecule has 1 aromatic carbocycles. The minimum atomic E-state index is -1.01. The summed E-state index contributed by atoms with van der Waals surface area (Å²) in [5.74, 6) is 0.739. The Morgan fingerprint density at radius 1 is 1.09 bits per heavy atom. The fraction of sp³-hybridized carbons (Fsp3) is 0.304. The molecule has 0 saturated heterocycles. The Kier molecular flexibility index (Phi) is 6.50. The molecule has 6 N–H and O–H groups in total. The number of aliphatic imine (C=N–C) groups is 1. The standard InChI is InChI=1S/C23H25N7O3S/c31-10-14-6-17(20(33)19(14)32)28-21-16(9-26-23(30-21)27-15-7-24-12-25-8-15)22-29-18(11-34-22)13-4-2-1-3-5-13/h1-5,7-8,11-12,14,17,19-20,28,31-33H,6,9-10H2,(H2,26,27,30)/t14-,17-,19-,20+/m1/s1. The van der Waals surface area contributed by atoms with Crippen molar-refractivity contribution in [3.8, 4) is 11.3 Å². The molecule has 3 heterocycles. The average molecular weight is 480 g/mol. The first-order valence-electron chi connectivity index (χ1n) is 10.9. The van der Waals surface area contributed by atoms with E-state index in [9.17, 15) is 15.3 Å². The first-order valence-corrected chi connectivity index (χ1v) is 11.8. The molecular weight excluding hydrogens is 454 g/mol. The maximum Gasteiger partial charge on any atom is 0.201 e. The van der Waals surface area contributed by atoms with Crippen molar-refractivity contribution in [2.75, 3.05) is 18.5 Å². The number of aromatic nitrogens is 3. The fourth-order valence-electron chi connectivity index (χ4n) is 4.13. The molecule has 0 radical (unpaired) electrons. The Bertz CT molecular complexity index is 1190. The molecule has 0 amide bonds. The van der Waals surface area contributed by atoms with Gasteiger partial charge in [-0.05, 0) is 6.42 Å². The summed E-state index contributed by atoms with van der Waals surface area (Å²) < 4.78 is 0. The summed E-state index contributed by atoms with van der Waals surface area (Å²) in [6.45, 7) is 0.160. The number of guanidine groups is 1. The highest BCUT2D eigenvalue weighted by Gasteiger charge is 2.41. The van der Waals surface area contributed by atoms with Gasteiger partial charge in [0, 0.05) is 29.0 Å². The van der Waals surface area contributed by atoms with E-state index in [1.807, 2.05) is 35.7 Å². The molecule has 3 aromatic rings. The van der Waals surface area contributed by atoms with Gasteiger partial charge in [0.2, 0.25) is 5.96 Å². The average Bonchev–Trinajstić information content (AvgIpc) is 3.46. The summed E-state index contributed by atoms with van der Waals surface area (Å²) >= 11 is 1.51. The van der Waals surface area contributed by atoms with Crippen molar-refractivity contribution >= 4 is 28.6 Å². The van der Waals surface area contributed by atoms with E-state index in [0.717, 1.165) is 21.8 Å². The van der Waals surface area contributed by atoms with Crippen LogP contribution in [0.3, 0.4) is 0 Å². The van der Waals surface area contributed by atoms with Crippen LogP contribution in [0.4, 0.5) is 5.69 Å². The van der Waals surface area contributed by atoms with Gasteiger partial charge in [0.05, 0.1) is 42.5 Å². The van der Waals surface area contributed by atoms with Gasteiger partial charge < -0.3 is 31.3 Å². The number of thiazole rings is 1. The van der Waals surface area contributed by atoms with E-state index in [0.29, 0.717) is 30.4 Å². The molecule has 0 bridgehead atoms. The van der Waals surface area contributed by atoms with Crippen LogP contribution in [-0.2, 0) is 0 Å². The second-order valence-corrected chi connectivity index (χ2v) is 9.07. The van der Waals surface area contributed by atoms with Crippen LogP contribution >= 0.6 is 11.3 Å². The van der Waals surface area contributed by atoms with Crippen molar-refractivity contribution in [1.82, 2.24) is 25.6 Å². The first-order chi connectivity index (χ1) is 16.6. The Labute approximate surface area is 200 Å². The molecule has 5 rings (SSSR count). The van der Waals surface area contributed by atoms with Gasteiger partial charge in [-0.1, -0.05) is 30.3 Å². The van der Waals surface area contributed by atoms with Crippen molar-refractivity contribution in [2.45, 2.75) is 24.7 Å². The van der Waals surface area contributed by atoms with Crippen LogP contribution < -0.4 is 16.0 Å². The van der Waals surface area contributed by atoms with Crippen LogP contribution in [0.1, 0.15) is 11.4 Å². The Morgan fingerprint density at radius 3 is 2.62 bits per heavy atom. The summed E-state index contributed by atoms with van der Waals surface area (Å²) in [7, 11) is 0. The van der Waals surface area contributed by atoms with E-state index in [4.69, 9.17) is 4.98 Å². The van der Waals surface area contributed by atoms with Crippen LogP contribution in [0, 0.1) is 5.92 Å². The number of hydrogen-bond acceptors (Lipinski definition) is 11. The van der Waals surface area contributed by atoms with Crippen molar-refractivity contribution in [1.29, 1.82) is 0 Å². The second-order valence-electron chi connectivity index (χ2n) is 8.21. The molecule has 1 aliphatic carbocycles. The molecule has 0 spiro atoms. The lowest BCUT2D eigenvalue weighted by atomic mass is 10.1. The molecule has 10 nitrogen and oxygen atoms in total. The summed E-state index contributed by atoms with van der Waals surface area (Å²) in [5.41, 5.74) is 3.42. The third-order valence-electron chi connectivity index (χ3n) is 5.96. The number of aliphatic hydroxyl groups excluding tert-OH is 3. The van der Waals surface area contributed by atoms with E-state index in [-0.39, 0.29) is 6.61 Å². The molecule has 1 fully saturated rings. The third kappa shape index (κ3) is 4.64. The lowest BCUT2D eigenvalue weighted by molar-refractivity contribution is 0.000577. The zero-order chi connectivity index (χ0) is 23.5. The zero-order valence-electron chi connectivity index (χ0n) is 18.2. The minimum absolute atomic E-state index is 0.190. The molecule has 176 valence electrons. The molecule has 34 heavy (non-hydrogen) atoms. The van der Waals surface area contributed by atoms with Gasteiger partial charge in [0.25, 0.3) is 0 Å². The molecule has 1 saturated carbocycles. The van der Waals surface area contributed by atoms with E-state index < -0.39 is 24.2 Å². The molecule has 2 aromatic heterocycles. The fourth-order valence-corrected chi connectivity index (χ4v) is 5.00. The topological polar surface area (TPSA) is 148 Å². The largest absolute Gasteiger partial charge is 0.396 e. The van der Waals surface area contributed by atoms with Crippen molar-refractivity contribution in [2.24, 2.45) is 10.9 Å². The van der Waals surface area contributed by atoms with Gasteiger partial charge in [-0.15, -0.1) is 11.3 Å². The van der Waals surface area contributed by atoms with Gasteiger partial charge in [-0.25, -0.2) is 19.9 Å². The highest BCUT2D eigenvalue weighted by atomic mass is 32.1. The molecule has 4 atom stereocenters. The van der Waals surface area contributed by atoms with Gasteiger partial charge in [-0.2, -0.15) is 0 Å². The zero-order valence-corrected chi connectivity index (χ0v) is 19.0.